The van der Waals surface area contributed by atoms with Gasteiger partial charge in [0, 0.05) is 39.3 Å². The van der Waals surface area contributed by atoms with E-state index in [1.807, 2.05) is 0 Å². The van der Waals surface area contributed by atoms with Crippen molar-refractivity contribution in [1.82, 2.24) is 9.80 Å². The molecule has 0 aliphatic carbocycles. The highest BCUT2D eigenvalue weighted by Gasteiger charge is 2.18. The first kappa shape index (κ1) is 15.4. The molecule has 3 nitrogen and oxygen atoms in total. The van der Waals surface area contributed by atoms with Crippen LogP contribution in [0.1, 0.15) is 12.5 Å². The van der Waals surface area contributed by atoms with Gasteiger partial charge in [-0.15, -0.1) is 0 Å². The van der Waals surface area contributed by atoms with Crippen LogP contribution in [0.25, 0.3) is 0 Å². The SMILES string of the molecule is CC(CN)CN1CCN(Cc2ccc(F)c(F)c2)CC1. The van der Waals surface area contributed by atoms with Crippen molar-refractivity contribution in [2.45, 2.75) is 13.5 Å². The molecule has 0 saturated carbocycles. The Labute approximate surface area is 119 Å². The molecule has 20 heavy (non-hydrogen) atoms. The molecule has 0 aromatic heterocycles. The Morgan fingerprint density at radius 1 is 1.10 bits per heavy atom. The highest BCUT2D eigenvalue weighted by atomic mass is 19.2. The number of rotatable bonds is 5. The third kappa shape index (κ3) is 4.23. The van der Waals surface area contributed by atoms with E-state index in [1.54, 1.807) is 6.07 Å². The van der Waals surface area contributed by atoms with E-state index >= 15 is 0 Å². The molecule has 1 heterocycles. The van der Waals surface area contributed by atoms with E-state index in [1.165, 1.54) is 12.1 Å². The van der Waals surface area contributed by atoms with Gasteiger partial charge < -0.3 is 10.6 Å². The van der Waals surface area contributed by atoms with Crippen LogP contribution in [-0.4, -0.2) is 49.1 Å². The van der Waals surface area contributed by atoms with Gasteiger partial charge in [0.15, 0.2) is 11.6 Å². The highest BCUT2D eigenvalue weighted by Crippen LogP contribution is 2.13. The zero-order valence-corrected chi connectivity index (χ0v) is 12.0. The van der Waals surface area contributed by atoms with Crippen molar-refractivity contribution in [1.29, 1.82) is 0 Å². The van der Waals surface area contributed by atoms with Crippen LogP contribution in [0.2, 0.25) is 0 Å². The van der Waals surface area contributed by atoms with Gasteiger partial charge in [-0.1, -0.05) is 13.0 Å². The topological polar surface area (TPSA) is 32.5 Å². The maximum atomic E-state index is 13.2. The zero-order chi connectivity index (χ0) is 14.5. The maximum absolute atomic E-state index is 13.2. The number of hydrogen-bond acceptors (Lipinski definition) is 3. The quantitative estimate of drug-likeness (QED) is 0.892. The van der Waals surface area contributed by atoms with Crippen molar-refractivity contribution in [3.05, 3.63) is 35.4 Å². The van der Waals surface area contributed by atoms with Crippen molar-refractivity contribution >= 4 is 0 Å². The summed E-state index contributed by atoms with van der Waals surface area (Å²) in [7, 11) is 0. The van der Waals surface area contributed by atoms with Gasteiger partial charge in [-0.05, 0) is 30.2 Å². The first-order valence-electron chi connectivity index (χ1n) is 7.17. The Hall–Kier alpha value is -1.04. The van der Waals surface area contributed by atoms with Crippen LogP contribution in [0.5, 0.6) is 0 Å². The molecule has 1 saturated heterocycles. The molecule has 0 radical (unpaired) electrons. The average molecular weight is 283 g/mol. The summed E-state index contributed by atoms with van der Waals surface area (Å²) < 4.78 is 26.0. The second-order valence-corrected chi connectivity index (χ2v) is 5.67. The van der Waals surface area contributed by atoms with E-state index in [0.717, 1.165) is 44.8 Å². The van der Waals surface area contributed by atoms with Gasteiger partial charge in [0.1, 0.15) is 0 Å². The summed E-state index contributed by atoms with van der Waals surface area (Å²) in [6, 6.07) is 4.14. The number of nitrogens with zero attached hydrogens (tertiary/aromatic N) is 2. The molecule has 1 aromatic carbocycles. The van der Waals surface area contributed by atoms with Gasteiger partial charge in [0.05, 0.1) is 0 Å². The fraction of sp³-hybridized carbons (Fsp3) is 0.600. The fourth-order valence-corrected chi connectivity index (χ4v) is 2.54. The Kier molecular flexibility index (Phi) is 5.46. The van der Waals surface area contributed by atoms with E-state index in [4.69, 9.17) is 5.73 Å². The molecule has 1 atom stereocenters. The van der Waals surface area contributed by atoms with Gasteiger partial charge in [-0.25, -0.2) is 8.78 Å². The van der Waals surface area contributed by atoms with Crippen molar-refractivity contribution in [3.8, 4) is 0 Å². The lowest BCUT2D eigenvalue weighted by atomic mass is 10.1. The minimum atomic E-state index is -0.783. The summed E-state index contributed by atoms with van der Waals surface area (Å²) in [5.74, 6) is -1.03. The fourth-order valence-electron chi connectivity index (χ4n) is 2.54. The third-order valence-electron chi connectivity index (χ3n) is 3.83. The van der Waals surface area contributed by atoms with Gasteiger partial charge in [0.25, 0.3) is 0 Å². The van der Waals surface area contributed by atoms with Gasteiger partial charge in [0.2, 0.25) is 0 Å². The maximum Gasteiger partial charge on any atom is 0.159 e. The van der Waals surface area contributed by atoms with E-state index in [9.17, 15) is 8.78 Å². The molecule has 0 bridgehead atoms. The smallest absolute Gasteiger partial charge is 0.159 e. The number of nitrogens with two attached hydrogens (primary N) is 1. The van der Waals surface area contributed by atoms with Crippen molar-refractivity contribution in [2.75, 3.05) is 39.3 Å². The Morgan fingerprint density at radius 2 is 1.75 bits per heavy atom. The van der Waals surface area contributed by atoms with Crippen molar-refractivity contribution in [2.24, 2.45) is 11.7 Å². The third-order valence-corrected chi connectivity index (χ3v) is 3.83. The molecule has 1 unspecified atom stereocenters. The first-order valence-corrected chi connectivity index (χ1v) is 7.17. The molecule has 1 aromatic rings. The lowest BCUT2D eigenvalue weighted by Gasteiger charge is -2.35. The molecule has 1 fully saturated rings. The zero-order valence-electron chi connectivity index (χ0n) is 12.0. The predicted octanol–water partition coefficient (Wildman–Crippen LogP) is 1.68. The molecule has 2 rings (SSSR count). The average Bonchev–Trinajstić information content (AvgIpc) is 2.45. The largest absolute Gasteiger partial charge is 0.330 e. The molecule has 1 aliphatic heterocycles. The molecule has 0 amide bonds. The Balaban J connectivity index is 1.80. The van der Waals surface area contributed by atoms with Crippen LogP contribution in [0.15, 0.2) is 18.2 Å². The summed E-state index contributed by atoms with van der Waals surface area (Å²) in [6.45, 7) is 8.52. The lowest BCUT2D eigenvalue weighted by Crippen LogP contribution is -2.47. The standard InChI is InChI=1S/C15H23F2N3/c1-12(9-18)10-19-4-6-20(7-5-19)11-13-2-3-14(16)15(17)8-13/h2-3,8,12H,4-7,9-11,18H2,1H3. The van der Waals surface area contributed by atoms with Crippen molar-refractivity contribution < 1.29 is 8.78 Å². The van der Waals surface area contributed by atoms with Crippen LogP contribution in [0, 0.1) is 17.6 Å². The summed E-state index contributed by atoms with van der Waals surface area (Å²) in [5.41, 5.74) is 6.47. The Morgan fingerprint density at radius 3 is 2.35 bits per heavy atom. The van der Waals surface area contributed by atoms with E-state index in [-0.39, 0.29) is 0 Å². The molecular formula is C15H23F2N3. The molecule has 1 aliphatic rings. The summed E-state index contributed by atoms with van der Waals surface area (Å²) in [6.07, 6.45) is 0. The predicted molar refractivity (Wildman–Crippen MR) is 76.3 cm³/mol. The van der Waals surface area contributed by atoms with E-state index in [0.29, 0.717) is 12.5 Å². The molecule has 2 N–H and O–H groups in total. The van der Waals surface area contributed by atoms with Gasteiger partial charge in [-0.2, -0.15) is 0 Å². The summed E-state index contributed by atoms with van der Waals surface area (Å²) >= 11 is 0. The number of halogens is 2. The second-order valence-electron chi connectivity index (χ2n) is 5.67. The molecule has 0 spiro atoms. The number of hydrogen-bond donors (Lipinski definition) is 1. The molecular weight excluding hydrogens is 260 g/mol. The van der Waals surface area contributed by atoms with E-state index < -0.39 is 11.6 Å². The van der Waals surface area contributed by atoms with Gasteiger partial charge in [-0.3, -0.25) is 4.90 Å². The minimum Gasteiger partial charge on any atom is -0.330 e. The highest BCUT2D eigenvalue weighted by molar-refractivity contribution is 5.17. The number of benzene rings is 1. The summed E-state index contributed by atoms with van der Waals surface area (Å²) in [4.78, 5) is 4.69. The lowest BCUT2D eigenvalue weighted by molar-refractivity contribution is 0.116. The van der Waals surface area contributed by atoms with Crippen molar-refractivity contribution in [3.63, 3.8) is 0 Å². The second kappa shape index (κ2) is 7.11. The van der Waals surface area contributed by atoms with Gasteiger partial charge >= 0.3 is 0 Å². The van der Waals surface area contributed by atoms with Crippen LogP contribution < -0.4 is 5.73 Å². The van der Waals surface area contributed by atoms with E-state index in [2.05, 4.69) is 16.7 Å². The van der Waals surface area contributed by atoms with Crippen LogP contribution >= 0.6 is 0 Å². The van der Waals surface area contributed by atoms with Crippen LogP contribution in [0.4, 0.5) is 8.78 Å². The van der Waals surface area contributed by atoms with Crippen LogP contribution in [0.3, 0.4) is 0 Å². The minimum absolute atomic E-state index is 0.521. The van der Waals surface area contributed by atoms with Crippen LogP contribution in [-0.2, 0) is 6.54 Å². The molecule has 5 heteroatoms. The normalized spacial score (nSPS) is 19.2. The molecule has 112 valence electrons. The summed E-state index contributed by atoms with van der Waals surface area (Å²) in [5, 5.41) is 0. The Bertz CT molecular complexity index is 431. The first-order chi connectivity index (χ1) is 9.58. The number of piperazine rings is 1. The monoisotopic (exact) mass is 283 g/mol.